The Morgan fingerprint density at radius 1 is 1.35 bits per heavy atom. The molecule has 1 aliphatic carbocycles. The molecule has 1 aromatic carbocycles. The van der Waals surface area contributed by atoms with E-state index in [1.807, 2.05) is 12.1 Å². The molecule has 6 heteroatoms. The van der Waals surface area contributed by atoms with E-state index in [2.05, 4.69) is 10.5 Å². The molecular weight excluding hydrogens is 314 g/mol. The smallest absolute Gasteiger partial charge is 0.273 e. The number of nitrogens with zero attached hydrogens (tertiary/aromatic N) is 1. The first-order chi connectivity index (χ1) is 11.2. The second-order valence-corrected chi connectivity index (χ2v) is 6.38. The average Bonchev–Trinajstić information content (AvgIpc) is 3.05. The number of nitrogens with two attached hydrogens (primary N) is 1. The molecule has 3 N–H and O–H groups in total. The molecule has 2 aromatic rings. The standard InChI is InChI=1S/C17H20ClN3O2/c18-13-6-3-5-11(8-13)16-9-15(21-23-16)17(22)20-14-7-2-1-4-12(14)10-19/h3,5-6,8-9,12,14H,1-2,4,7,10,19H2,(H,20,22). The summed E-state index contributed by atoms with van der Waals surface area (Å²) in [5, 5.41) is 7.53. The molecule has 1 amide bonds. The molecule has 23 heavy (non-hydrogen) atoms. The molecule has 0 spiro atoms. The normalized spacial score (nSPS) is 21.1. The van der Waals surface area contributed by atoms with Crippen LogP contribution in [0.1, 0.15) is 36.2 Å². The number of benzene rings is 1. The van der Waals surface area contributed by atoms with E-state index in [1.165, 1.54) is 6.42 Å². The fraction of sp³-hybridized carbons (Fsp3) is 0.412. The van der Waals surface area contributed by atoms with E-state index >= 15 is 0 Å². The molecular formula is C17H20ClN3O2. The summed E-state index contributed by atoms with van der Waals surface area (Å²) in [5.41, 5.74) is 6.88. The molecule has 0 aliphatic heterocycles. The Kier molecular flexibility index (Phi) is 4.98. The van der Waals surface area contributed by atoms with Crippen molar-refractivity contribution in [2.75, 3.05) is 6.54 Å². The van der Waals surface area contributed by atoms with E-state index in [0.29, 0.717) is 23.2 Å². The molecule has 2 unspecified atom stereocenters. The van der Waals surface area contributed by atoms with Crippen LogP contribution in [0.5, 0.6) is 0 Å². The Bertz CT molecular complexity index is 686. The van der Waals surface area contributed by atoms with Gasteiger partial charge in [-0.2, -0.15) is 0 Å². The van der Waals surface area contributed by atoms with Gasteiger partial charge < -0.3 is 15.6 Å². The highest BCUT2D eigenvalue weighted by Crippen LogP contribution is 2.25. The van der Waals surface area contributed by atoms with Crippen LogP contribution < -0.4 is 11.1 Å². The highest BCUT2D eigenvalue weighted by Gasteiger charge is 2.26. The van der Waals surface area contributed by atoms with Crippen LogP contribution in [0, 0.1) is 5.92 Å². The number of carbonyl (C=O) groups excluding carboxylic acids is 1. The van der Waals surface area contributed by atoms with Crippen LogP contribution in [0.4, 0.5) is 0 Å². The number of carbonyl (C=O) groups is 1. The van der Waals surface area contributed by atoms with Crippen LogP contribution in [0.15, 0.2) is 34.9 Å². The number of aromatic nitrogens is 1. The number of nitrogens with one attached hydrogen (secondary N) is 1. The topological polar surface area (TPSA) is 81.1 Å². The molecule has 2 atom stereocenters. The summed E-state index contributed by atoms with van der Waals surface area (Å²) in [4.78, 5) is 12.4. The monoisotopic (exact) mass is 333 g/mol. The van der Waals surface area contributed by atoms with Crippen molar-refractivity contribution in [1.82, 2.24) is 10.5 Å². The molecule has 122 valence electrons. The second-order valence-electron chi connectivity index (χ2n) is 5.95. The first-order valence-electron chi connectivity index (χ1n) is 7.91. The van der Waals surface area contributed by atoms with Crippen molar-refractivity contribution in [1.29, 1.82) is 0 Å². The van der Waals surface area contributed by atoms with Gasteiger partial charge in [0.15, 0.2) is 11.5 Å². The van der Waals surface area contributed by atoms with Crippen LogP contribution in [0.3, 0.4) is 0 Å². The number of amides is 1. The van der Waals surface area contributed by atoms with Crippen LogP contribution in [0.25, 0.3) is 11.3 Å². The molecule has 1 saturated carbocycles. The maximum absolute atomic E-state index is 12.4. The van der Waals surface area contributed by atoms with Gasteiger partial charge in [-0.25, -0.2) is 0 Å². The van der Waals surface area contributed by atoms with Crippen molar-refractivity contribution < 1.29 is 9.32 Å². The lowest BCUT2D eigenvalue weighted by atomic mass is 9.84. The molecule has 5 nitrogen and oxygen atoms in total. The van der Waals surface area contributed by atoms with E-state index in [0.717, 1.165) is 24.8 Å². The second kappa shape index (κ2) is 7.15. The van der Waals surface area contributed by atoms with Crippen LogP contribution in [-0.2, 0) is 0 Å². The summed E-state index contributed by atoms with van der Waals surface area (Å²) >= 11 is 5.97. The highest BCUT2D eigenvalue weighted by molar-refractivity contribution is 6.30. The van der Waals surface area contributed by atoms with E-state index in [4.69, 9.17) is 21.9 Å². The Balaban J connectivity index is 1.71. The van der Waals surface area contributed by atoms with Gasteiger partial charge in [-0.15, -0.1) is 0 Å². The van der Waals surface area contributed by atoms with Gasteiger partial charge in [0.1, 0.15) is 0 Å². The molecule has 1 heterocycles. The van der Waals surface area contributed by atoms with Gasteiger partial charge in [0.2, 0.25) is 0 Å². The van der Waals surface area contributed by atoms with E-state index in [9.17, 15) is 4.79 Å². The third-order valence-corrected chi connectivity index (χ3v) is 4.62. The van der Waals surface area contributed by atoms with Crippen LogP contribution in [-0.4, -0.2) is 23.7 Å². The SMILES string of the molecule is NCC1CCCCC1NC(=O)c1cc(-c2cccc(Cl)c2)on1. The van der Waals surface area contributed by atoms with Crippen molar-refractivity contribution >= 4 is 17.5 Å². The number of hydrogen-bond acceptors (Lipinski definition) is 4. The van der Waals surface area contributed by atoms with Crippen molar-refractivity contribution in [2.24, 2.45) is 11.7 Å². The first kappa shape index (κ1) is 16.0. The molecule has 3 rings (SSSR count). The lowest BCUT2D eigenvalue weighted by Crippen LogP contribution is -2.44. The van der Waals surface area contributed by atoms with Gasteiger partial charge in [0, 0.05) is 22.7 Å². The zero-order valence-corrected chi connectivity index (χ0v) is 13.6. The lowest BCUT2D eigenvalue weighted by molar-refractivity contribution is 0.0899. The molecule has 1 aromatic heterocycles. The van der Waals surface area contributed by atoms with Crippen molar-refractivity contribution in [3.63, 3.8) is 0 Å². The Morgan fingerprint density at radius 2 is 2.17 bits per heavy atom. The predicted molar refractivity (Wildman–Crippen MR) is 89.2 cm³/mol. The Labute approximate surface area is 140 Å². The maximum atomic E-state index is 12.4. The van der Waals surface area contributed by atoms with E-state index in [-0.39, 0.29) is 17.6 Å². The predicted octanol–water partition coefficient (Wildman–Crippen LogP) is 3.24. The maximum Gasteiger partial charge on any atom is 0.273 e. The summed E-state index contributed by atoms with van der Waals surface area (Å²) in [7, 11) is 0. The summed E-state index contributed by atoms with van der Waals surface area (Å²) in [6.45, 7) is 0.595. The molecule has 1 fully saturated rings. The molecule has 0 bridgehead atoms. The third-order valence-electron chi connectivity index (χ3n) is 4.38. The van der Waals surface area contributed by atoms with Crippen LogP contribution >= 0.6 is 11.6 Å². The van der Waals surface area contributed by atoms with Crippen molar-refractivity contribution in [2.45, 2.75) is 31.7 Å². The van der Waals surface area contributed by atoms with Gasteiger partial charge in [0.05, 0.1) is 0 Å². The number of hydrogen-bond donors (Lipinski definition) is 2. The minimum Gasteiger partial charge on any atom is -0.355 e. The van der Waals surface area contributed by atoms with Crippen molar-refractivity contribution in [3.05, 3.63) is 41.0 Å². The minimum absolute atomic E-state index is 0.118. The summed E-state index contributed by atoms with van der Waals surface area (Å²) < 4.78 is 5.28. The lowest BCUT2D eigenvalue weighted by Gasteiger charge is -2.30. The molecule has 1 aliphatic rings. The van der Waals surface area contributed by atoms with Gasteiger partial charge in [-0.3, -0.25) is 4.79 Å². The highest BCUT2D eigenvalue weighted by atomic mass is 35.5. The van der Waals surface area contributed by atoms with E-state index in [1.54, 1.807) is 18.2 Å². The van der Waals surface area contributed by atoms with Gasteiger partial charge in [0.25, 0.3) is 5.91 Å². The summed E-state index contributed by atoms with van der Waals surface area (Å²) in [5.74, 6) is 0.649. The molecule has 0 saturated heterocycles. The van der Waals surface area contributed by atoms with Crippen molar-refractivity contribution in [3.8, 4) is 11.3 Å². The zero-order valence-electron chi connectivity index (χ0n) is 12.8. The average molecular weight is 334 g/mol. The molecule has 0 radical (unpaired) electrons. The van der Waals surface area contributed by atoms with Gasteiger partial charge in [-0.1, -0.05) is 41.7 Å². The van der Waals surface area contributed by atoms with Crippen LogP contribution in [0.2, 0.25) is 5.02 Å². The fourth-order valence-corrected chi connectivity index (χ4v) is 3.27. The first-order valence-corrected chi connectivity index (χ1v) is 8.29. The third kappa shape index (κ3) is 3.74. The van der Waals surface area contributed by atoms with Gasteiger partial charge in [-0.05, 0) is 37.4 Å². The minimum atomic E-state index is -0.215. The Hall–Kier alpha value is -1.85. The fourth-order valence-electron chi connectivity index (χ4n) is 3.08. The quantitative estimate of drug-likeness (QED) is 0.900. The number of halogens is 1. The summed E-state index contributed by atoms with van der Waals surface area (Å²) in [6.07, 6.45) is 4.33. The number of rotatable bonds is 4. The largest absolute Gasteiger partial charge is 0.355 e. The van der Waals surface area contributed by atoms with Gasteiger partial charge >= 0.3 is 0 Å². The van der Waals surface area contributed by atoms with E-state index < -0.39 is 0 Å². The zero-order chi connectivity index (χ0) is 16.2. The Morgan fingerprint density at radius 3 is 2.96 bits per heavy atom. The summed E-state index contributed by atoms with van der Waals surface area (Å²) in [6, 6.07) is 9.00.